The van der Waals surface area contributed by atoms with Gasteiger partial charge in [0.25, 0.3) is 0 Å². The number of ether oxygens (including phenoxy) is 4. The molecule has 0 saturated carbocycles. The van der Waals surface area contributed by atoms with Crippen LogP contribution in [0, 0.1) is 0 Å². The zero-order valence-corrected chi connectivity index (χ0v) is 26.4. The summed E-state index contributed by atoms with van der Waals surface area (Å²) in [7, 11) is 0. The molecule has 6 aromatic rings. The summed E-state index contributed by atoms with van der Waals surface area (Å²) < 4.78 is 23.4. The highest BCUT2D eigenvalue weighted by atomic mass is 16.7. The Bertz CT molecular complexity index is 1960. The van der Waals surface area contributed by atoms with E-state index in [-0.39, 0.29) is 25.9 Å². The van der Waals surface area contributed by atoms with Gasteiger partial charge in [0.15, 0.2) is 0 Å². The number of aromatic amines is 3. The fourth-order valence-corrected chi connectivity index (χ4v) is 6.45. The number of esters is 3. The first-order valence-corrected chi connectivity index (χ1v) is 16.4. The van der Waals surface area contributed by atoms with E-state index in [9.17, 15) is 14.4 Å². The fourth-order valence-electron chi connectivity index (χ4n) is 6.45. The highest BCUT2D eigenvalue weighted by Crippen LogP contribution is 2.26. The lowest BCUT2D eigenvalue weighted by Crippen LogP contribution is -2.51. The molecule has 10 nitrogen and oxygen atoms in total. The summed E-state index contributed by atoms with van der Waals surface area (Å²) in [6, 6.07) is 23.7. The standard InChI is InChI=1S/C38H37N3O7/c42-34(16-13-24-21-39-30-10-4-1-7-27(24)30)46-33-19-20-45-38(48-36(44)18-15-26-23-41-32-12-6-3-9-29(26)32)37(33)47-35(43)17-14-25-22-40-31-11-5-2-8-28(25)31/h1-12,21-23,33,37-41H,13-20H2/t33-,37-,38-/m1/s1. The summed E-state index contributed by atoms with van der Waals surface area (Å²) >= 11 is 0. The number of hydrogen-bond acceptors (Lipinski definition) is 7. The monoisotopic (exact) mass is 647 g/mol. The predicted octanol–water partition coefficient (Wildman–Crippen LogP) is 6.44. The molecule has 48 heavy (non-hydrogen) atoms. The van der Waals surface area contributed by atoms with Crippen molar-refractivity contribution in [2.24, 2.45) is 0 Å². The zero-order chi connectivity index (χ0) is 32.9. The van der Waals surface area contributed by atoms with Gasteiger partial charge in [-0.2, -0.15) is 0 Å². The van der Waals surface area contributed by atoms with Gasteiger partial charge in [0.1, 0.15) is 6.10 Å². The Labute approximate surface area is 276 Å². The van der Waals surface area contributed by atoms with Crippen LogP contribution in [0.15, 0.2) is 91.4 Å². The molecule has 1 fully saturated rings. The Kier molecular flexibility index (Phi) is 9.24. The van der Waals surface area contributed by atoms with Crippen molar-refractivity contribution in [1.29, 1.82) is 0 Å². The highest BCUT2D eigenvalue weighted by Gasteiger charge is 2.42. The minimum atomic E-state index is -1.21. The molecule has 7 rings (SSSR count). The maximum Gasteiger partial charge on any atom is 0.308 e. The van der Waals surface area contributed by atoms with E-state index in [1.165, 1.54) is 0 Å². The zero-order valence-electron chi connectivity index (χ0n) is 26.4. The molecule has 0 bridgehead atoms. The first-order valence-electron chi connectivity index (χ1n) is 16.4. The van der Waals surface area contributed by atoms with Crippen molar-refractivity contribution < 1.29 is 33.3 Å². The van der Waals surface area contributed by atoms with Crippen molar-refractivity contribution in [3.05, 3.63) is 108 Å². The first kappa shape index (κ1) is 31.3. The average molecular weight is 648 g/mol. The van der Waals surface area contributed by atoms with Crippen molar-refractivity contribution in [2.75, 3.05) is 6.61 Å². The molecule has 1 aliphatic rings. The largest absolute Gasteiger partial charge is 0.458 e. The first-order chi connectivity index (χ1) is 23.5. The van der Waals surface area contributed by atoms with Crippen molar-refractivity contribution in [3.8, 4) is 0 Å². The van der Waals surface area contributed by atoms with E-state index in [0.29, 0.717) is 25.7 Å². The van der Waals surface area contributed by atoms with Crippen LogP contribution in [0.5, 0.6) is 0 Å². The van der Waals surface area contributed by atoms with Gasteiger partial charge in [-0.25, -0.2) is 0 Å². The van der Waals surface area contributed by atoms with E-state index in [0.717, 1.165) is 49.4 Å². The molecular weight excluding hydrogens is 610 g/mol. The lowest BCUT2D eigenvalue weighted by atomic mass is 10.1. The van der Waals surface area contributed by atoms with E-state index < -0.39 is 36.4 Å². The maximum absolute atomic E-state index is 13.2. The molecule has 3 atom stereocenters. The van der Waals surface area contributed by atoms with Crippen molar-refractivity contribution >= 4 is 50.6 Å². The van der Waals surface area contributed by atoms with Gasteiger partial charge in [-0.3, -0.25) is 14.4 Å². The van der Waals surface area contributed by atoms with Crippen LogP contribution < -0.4 is 0 Å². The van der Waals surface area contributed by atoms with E-state index in [4.69, 9.17) is 18.9 Å². The molecule has 0 unspecified atom stereocenters. The molecule has 0 spiro atoms. The van der Waals surface area contributed by atoms with E-state index in [2.05, 4.69) is 15.0 Å². The molecule has 3 N–H and O–H groups in total. The number of H-pyrrole nitrogens is 3. The summed E-state index contributed by atoms with van der Waals surface area (Å²) in [5.41, 5.74) is 5.97. The van der Waals surface area contributed by atoms with Crippen molar-refractivity contribution in [1.82, 2.24) is 15.0 Å². The average Bonchev–Trinajstić information content (AvgIpc) is 3.84. The van der Waals surface area contributed by atoms with Crippen LogP contribution in [0.3, 0.4) is 0 Å². The molecule has 10 heteroatoms. The molecule has 0 amide bonds. The Balaban J connectivity index is 1.01. The summed E-state index contributed by atoms with van der Waals surface area (Å²) in [5.74, 6) is -1.44. The third kappa shape index (κ3) is 6.99. The third-order valence-corrected chi connectivity index (χ3v) is 8.94. The number of carbonyl (C=O) groups excluding carboxylic acids is 3. The van der Waals surface area contributed by atoms with Crippen LogP contribution >= 0.6 is 0 Å². The molecular formula is C38H37N3O7. The second-order valence-electron chi connectivity index (χ2n) is 12.1. The van der Waals surface area contributed by atoms with E-state index >= 15 is 0 Å². The van der Waals surface area contributed by atoms with Gasteiger partial charge in [-0.05, 0) is 54.2 Å². The number of rotatable bonds is 12. The van der Waals surface area contributed by atoms with Crippen LogP contribution in [0.1, 0.15) is 42.4 Å². The number of fused-ring (bicyclic) bond motifs is 3. The normalized spacial score (nSPS) is 17.9. The van der Waals surface area contributed by atoms with Gasteiger partial charge in [-0.15, -0.1) is 0 Å². The molecule has 1 aliphatic heterocycles. The molecule has 246 valence electrons. The highest BCUT2D eigenvalue weighted by molar-refractivity contribution is 5.85. The minimum Gasteiger partial charge on any atom is -0.458 e. The van der Waals surface area contributed by atoms with Crippen LogP contribution in [0.4, 0.5) is 0 Å². The Morgan fingerprint density at radius 3 is 1.48 bits per heavy atom. The van der Waals surface area contributed by atoms with Crippen molar-refractivity contribution in [2.45, 2.75) is 63.4 Å². The Morgan fingerprint density at radius 1 is 0.583 bits per heavy atom. The number of aromatic nitrogens is 3. The van der Waals surface area contributed by atoms with Crippen LogP contribution in [-0.2, 0) is 52.6 Å². The molecule has 4 heterocycles. The second-order valence-corrected chi connectivity index (χ2v) is 12.1. The topological polar surface area (TPSA) is 136 Å². The number of nitrogens with one attached hydrogen (secondary N) is 3. The number of aryl methyl sites for hydroxylation is 3. The third-order valence-electron chi connectivity index (χ3n) is 8.94. The molecule has 0 radical (unpaired) electrons. The fraction of sp³-hybridized carbons (Fsp3) is 0.289. The van der Waals surface area contributed by atoms with Gasteiger partial charge in [0.2, 0.25) is 12.4 Å². The molecule has 3 aromatic carbocycles. The van der Waals surface area contributed by atoms with Crippen LogP contribution in [0.25, 0.3) is 32.7 Å². The van der Waals surface area contributed by atoms with Crippen LogP contribution in [0.2, 0.25) is 0 Å². The van der Waals surface area contributed by atoms with Gasteiger partial charge in [0, 0.05) is 77.0 Å². The molecule has 3 aromatic heterocycles. The summed E-state index contributed by atoms with van der Waals surface area (Å²) in [6.07, 6.45) is 4.51. The second kappa shape index (κ2) is 14.2. The summed E-state index contributed by atoms with van der Waals surface area (Å²) in [5, 5.41) is 3.13. The van der Waals surface area contributed by atoms with E-state index in [1.807, 2.05) is 91.4 Å². The van der Waals surface area contributed by atoms with Gasteiger partial charge >= 0.3 is 17.9 Å². The smallest absolute Gasteiger partial charge is 0.308 e. The van der Waals surface area contributed by atoms with E-state index in [1.54, 1.807) is 0 Å². The number of hydrogen-bond donors (Lipinski definition) is 3. The lowest BCUT2D eigenvalue weighted by molar-refractivity contribution is -0.250. The maximum atomic E-state index is 13.2. The van der Waals surface area contributed by atoms with Crippen molar-refractivity contribution in [3.63, 3.8) is 0 Å². The summed E-state index contributed by atoms with van der Waals surface area (Å²) in [4.78, 5) is 49.1. The molecule has 1 saturated heterocycles. The SMILES string of the molecule is O=C(CCc1c[nH]c2ccccc12)O[C@H]1OCC[C@@H](OC(=O)CCc2c[nH]c3ccccc23)[C@H]1OC(=O)CCc1c[nH]c2ccccc12. The number of benzene rings is 3. The Hall–Kier alpha value is -5.35. The minimum absolute atomic E-state index is 0.0841. The number of carbonyl (C=O) groups is 3. The lowest BCUT2D eigenvalue weighted by Gasteiger charge is -2.36. The Morgan fingerprint density at radius 2 is 1.00 bits per heavy atom. The summed E-state index contributed by atoms with van der Waals surface area (Å²) in [6.45, 7) is 0.171. The predicted molar refractivity (Wildman–Crippen MR) is 180 cm³/mol. The van der Waals surface area contributed by atoms with Gasteiger partial charge in [0.05, 0.1) is 6.61 Å². The van der Waals surface area contributed by atoms with Gasteiger partial charge < -0.3 is 33.9 Å². The van der Waals surface area contributed by atoms with Gasteiger partial charge in [-0.1, -0.05) is 54.6 Å². The quantitative estimate of drug-likeness (QED) is 0.103. The van der Waals surface area contributed by atoms with Crippen LogP contribution in [-0.4, -0.2) is 58.0 Å². The number of para-hydroxylation sites is 3. The molecule has 0 aliphatic carbocycles.